The van der Waals surface area contributed by atoms with Crippen LogP contribution in [0.3, 0.4) is 0 Å². The average molecular weight is 365 g/mol. The van der Waals surface area contributed by atoms with Crippen LogP contribution in [-0.4, -0.2) is 8.07 Å². The predicted molar refractivity (Wildman–Crippen MR) is 89.3 cm³/mol. The first-order chi connectivity index (χ1) is 9.82. The first-order valence-corrected chi connectivity index (χ1v) is 9.04. The van der Waals surface area contributed by atoms with E-state index >= 15 is 0 Å². The van der Waals surface area contributed by atoms with E-state index in [2.05, 4.69) is 91.0 Å². The van der Waals surface area contributed by atoms with Gasteiger partial charge in [0.2, 0.25) is 0 Å². The topological polar surface area (TPSA) is 0 Å². The standard InChI is InChI=1S/C19H17Si.Zr/c1-20(17-11-5-2-6-12-17,18-13-7-3-8-14-18)19-15-9-4-10-16-19;/h2-16H,1H2;. The summed E-state index contributed by atoms with van der Waals surface area (Å²) in [6, 6.07) is 32.1. The van der Waals surface area contributed by atoms with Crippen LogP contribution < -0.4 is 15.6 Å². The molecule has 0 aliphatic rings. The molecule has 1 radical (unpaired) electrons. The minimum atomic E-state index is -2.13. The molecule has 0 saturated carbocycles. The molecule has 2 heteroatoms. The first kappa shape index (κ1) is 16.1. The fraction of sp³-hybridized carbons (Fsp3) is 0. The zero-order chi connectivity index (χ0) is 13.8. The molecule has 3 rings (SSSR count). The summed E-state index contributed by atoms with van der Waals surface area (Å²) >= 11 is 0. The van der Waals surface area contributed by atoms with Crippen molar-refractivity contribution in [1.82, 2.24) is 0 Å². The Morgan fingerprint density at radius 3 is 0.952 bits per heavy atom. The van der Waals surface area contributed by atoms with Crippen LogP contribution in [0.5, 0.6) is 0 Å². The van der Waals surface area contributed by atoms with E-state index in [1.165, 1.54) is 15.6 Å². The van der Waals surface area contributed by atoms with Crippen molar-refractivity contribution in [3.8, 4) is 0 Å². The molecule has 0 spiro atoms. The maximum absolute atomic E-state index is 4.72. The van der Waals surface area contributed by atoms with Crippen molar-refractivity contribution in [2.75, 3.05) is 0 Å². The molecule has 0 aliphatic heterocycles. The third-order valence-corrected chi connectivity index (χ3v) is 7.76. The predicted octanol–water partition coefficient (Wildman–Crippen LogP) is 2.53. The van der Waals surface area contributed by atoms with Crippen LogP contribution in [0.4, 0.5) is 0 Å². The van der Waals surface area contributed by atoms with Gasteiger partial charge in [0.1, 0.15) is 8.07 Å². The van der Waals surface area contributed by atoms with E-state index in [9.17, 15) is 0 Å². The summed E-state index contributed by atoms with van der Waals surface area (Å²) in [5.74, 6) is 0. The molecule has 0 aromatic heterocycles. The van der Waals surface area contributed by atoms with Crippen LogP contribution in [0.2, 0.25) is 0 Å². The van der Waals surface area contributed by atoms with Gasteiger partial charge in [0.15, 0.2) is 0 Å². The molecule has 0 saturated heterocycles. The van der Waals surface area contributed by atoms with Crippen LogP contribution in [0.25, 0.3) is 0 Å². The Bertz CT molecular complexity index is 569. The number of hydrogen-bond donors (Lipinski definition) is 0. The monoisotopic (exact) mass is 363 g/mol. The van der Waals surface area contributed by atoms with Gasteiger partial charge in [-0.1, -0.05) is 91.0 Å². The normalized spacial score (nSPS) is 10.7. The Labute approximate surface area is 147 Å². The van der Waals surface area contributed by atoms with Crippen molar-refractivity contribution in [2.24, 2.45) is 0 Å². The van der Waals surface area contributed by atoms with Crippen LogP contribution in [-0.2, 0) is 26.2 Å². The third-order valence-electron chi connectivity index (χ3n) is 3.80. The molecule has 21 heavy (non-hydrogen) atoms. The first-order valence-electron chi connectivity index (χ1n) is 6.84. The number of rotatable bonds is 3. The smallest absolute Gasteiger partial charge is 0.0624 e. The average Bonchev–Trinajstić information content (AvgIpc) is 2.56. The Morgan fingerprint density at radius 1 is 0.476 bits per heavy atom. The van der Waals surface area contributed by atoms with Gasteiger partial charge < -0.3 is 0 Å². The third kappa shape index (κ3) is 3.17. The Balaban J connectivity index is 0.00000161. The molecule has 0 unspecified atom stereocenters. The maximum atomic E-state index is 4.72. The van der Waals surface area contributed by atoms with Crippen molar-refractivity contribution >= 4 is 23.6 Å². The summed E-state index contributed by atoms with van der Waals surface area (Å²) in [5, 5.41) is 4.03. The van der Waals surface area contributed by atoms with Gasteiger partial charge in [-0.25, -0.2) is 0 Å². The van der Waals surface area contributed by atoms with Crippen molar-refractivity contribution in [3.05, 3.63) is 97.5 Å². The fourth-order valence-corrected chi connectivity index (χ4v) is 5.95. The maximum Gasteiger partial charge on any atom is 0.148 e. The van der Waals surface area contributed by atoms with E-state index in [0.717, 1.165) is 0 Å². The van der Waals surface area contributed by atoms with Crippen molar-refractivity contribution < 1.29 is 26.2 Å². The molecule has 3 aromatic carbocycles. The molecular formula is C19H17SiZr. The summed E-state index contributed by atoms with van der Waals surface area (Å²) in [6.45, 7) is 4.72. The number of benzene rings is 3. The molecular weight excluding hydrogens is 348 g/mol. The van der Waals surface area contributed by atoms with Crippen molar-refractivity contribution in [2.45, 2.75) is 0 Å². The van der Waals surface area contributed by atoms with E-state index in [0.29, 0.717) is 0 Å². The number of hydrogen-bond acceptors (Lipinski definition) is 0. The van der Waals surface area contributed by atoms with E-state index in [1.807, 2.05) is 0 Å². The van der Waals surface area contributed by atoms with Gasteiger partial charge in [-0.3, -0.25) is 0 Å². The molecule has 0 aliphatic carbocycles. The van der Waals surface area contributed by atoms with E-state index in [-0.39, 0.29) is 26.2 Å². The van der Waals surface area contributed by atoms with Gasteiger partial charge in [0.25, 0.3) is 0 Å². The van der Waals surface area contributed by atoms with Gasteiger partial charge >= 0.3 is 0 Å². The molecule has 0 heterocycles. The van der Waals surface area contributed by atoms with Crippen molar-refractivity contribution in [1.29, 1.82) is 0 Å². The summed E-state index contributed by atoms with van der Waals surface area (Å²) in [6.07, 6.45) is 0. The minimum Gasteiger partial charge on any atom is -0.0624 e. The molecule has 0 nitrogen and oxygen atoms in total. The zero-order valence-corrected chi connectivity index (χ0v) is 15.3. The SMILES string of the molecule is [CH2][Si](c1ccccc1)(c1ccccc1)c1ccccc1.[Zr]. The quantitative estimate of drug-likeness (QED) is 0.495. The fourth-order valence-electron chi connectivity index (χ4n) is 2.67. The molecule has 0 fully saturated rings. The Hall–Kier alpha value is -1.24. The molecule has 0 amide bonds. The largest absolute Gasteiger partial charge is 0.148 e. The van der Waals surface area contributed by atoms with Gasteiger partial charge in [-0.2, -0.15) is 0 Å². The second kappa shape index (κ2) is 7.15. The molecule has 0 N–H and O–H groups in total. The van der Waals surface area contributed by atoms with Gasteiger partial charge in [0, 0.05) is 26.2 Å². The summed E-state index contributed by atoms with van der Waals surface area (Å²) in [4.78, 5) is 0. The van der Waals surface area contributed by atoms with Crippen molar-refractivity contribution in [3.63, 3.8) is 0 Å². The van der Waals surface area contributed by atoms with E-state index < -0.39 is 8.07 Å². The van der Waals surface area contributed by atoms with E-state index in [4.69, 9.17) is 6.55 Å². The Kier molecular flexibility index (Phi) is 5.50. The van der Waals surface area contributed by atoms with E-state index in [1.54, 1.807) is 0 Å². The van der Waals surface area contributed by atoms with Crippen LogP contribution in [0.1, 0.15) is 0 Å². The minimum absolute atomic E-state index is 0. The summed E-state index contributed by atoms with van der Waals surface area (Å²) < 4.78 is 0. The summed E-state index contributed by atoms with van der Waals surface area (Å²) in [5.41, 5.74) is 0. The molecule has 0 bridgehead atoms. The second-order valence-corrected chi connectivity index (χ2v) is 8.55. The van der Waals surface area contributed by atoms with Gasteiger partial charge in [-0.05, 0) is 22.1 Å². The molecule has 0 atom stereocenters. The zero-order valence-electron chi connectivity index (χ0n) is 11.9. The van der Waals surface area contributed by atoms with Crippen LogP contribution >= 0.6 is 0 Å². The van der Waals surface area contributed by atoms with Crippen LogP contribution in [0, 0.1) is 6.55 Å². The Morgan fingerprint density at radius 2 is 0.714 bits per heavy atom. The molecule has 3 aromatic rings. The second-order valence-electron chi connectivity index (χ2n) is 5.00. The van der Waals surface area contributed by atoms with Crippen LogP contribution in [0.15, 0.2) is 91.0 Å². The van der Waals surface area contributed by atoms with Gasteiger partial charge in [-0.15, -0.1) is 0 Å². The van der Waals surface area contributed by atoms with Gasteiger partial charge in [0.05, 0.1) is 0 Å². The molecule has 101 valence electrons. The summed E-state index contributed by atoms with van der Waals surface area (Å²) in [7, 11) is -2.13.